The number of carboxylic acid groups (broad SMARTS) is 1. The molecule has 2 aromatic rings. The molecule has 2 aromatic carbocycles. The fourth-order valence-electron chi connectivity index (χ4n) is 4.67. The van der Waals surface area contributed by atoms with E-state index in [4.69, 9.17) is 9.84 Å². The van der Waals surface area contributed by atoms with E-state index in [0.29, 0.717) is 26.1 Å². The fourth-order valence-corrected chi connectivity index (χ4v) is 4.67. The SMILES string of the molecule is O=C(O)CCN(C(=O)CCCCCNC(=O)OCC1c2ccccc2-c2ccccc21)C1CC1. The number of alkyl carbamates (subject to hydrolysis) is 1. The predicted molar refractivity (Wildman–Crippen MR) is 129 cm³/mol. The van der Waals surface area contributed by atoms with Gasteiger partial charge in [0.15, 0.2) is 0 Å². The van der Waals surface area contributed by atoms with Gasteiger partial charge in [-0.1, -0.05) is 55.0 Å². The monoisotopic (exact) mass is 464 g/mol. The van der Waals surface area contributed by atoms with Crippen molar-refractivity contribution in [2.45, 2.75) is 56.9 Å². The lowest BCUT2D eigenvalue weighted by molar-refractivity contribution is -0.138. The summed E-state index contributed by atoms with van der Waals surface area (Å²) in [4.78, 5) is 37.2. The van der Waals surface area contributed by atoms with Gasteiger partial charge in [-0.2, -0.15) is 0 Å². The molecule has 0 unspecified atom stereocenters. The maximum atomic E-state index is 12.4. The van der Waals surface area contributed by atoms with Gasteiger partial charge in [-0.25, -0.2) is 4.79 Å². The third-order valence-electron chi connectivity index (χ3n) is 6.55. The number of carbonyl (C=O) groups is 3. The van der Waals surface area contributed by atoms with Gasteiger partial charge in [0, 0.05) is 31.5 Å². The van der Waals surface area contributed by atoms with Crippen LogP contribution in [0, 0.1) is 0 Å². The normalized spacial score (nSPS) is 14.2. The molecule has 0 saturated heterocycles. The minimum atomic E-state index is -0.877. The summed E-state index contributed by atoms with van der Waals surface area (Å²) in [6, 6.07) is 16.7. The lowest BCUT2D eigenvalue weighted by Crippen LogP contribution is -2.34. The summed E-state index contributed by atoms with van der Waals surface area (Å²) in [6.45, 7) is 1.08. The van der Waals surface area contributed by atoms with E-state index in [0.717, 1.165) is 32.1 Å². The van der Waals surface area contributed by atoms with Crippen LogP contribution in [0.1, 0.15) is 62.0 Å². The Kier molecular flexibility index (Phi) is 7.83. The van der Waals surface area contributed by atoms with E-state index in [1.807, 2.05) is 24.3 Å². The summed E-state index contributed by atoms with van der Waals surface area (Å²) in [6.07, 6.45) is 4.22. The molecule has 0 bridgehead atoms. The van der Waals surface area contributed by atoms with Gasteiger partial charge >= 0.3 is 12.1 Å². The van der Waals surface area contributed by atoms with Gasteiger partial charge in [0.2, 0.25) is 5.91 Å². The van der Waals surface area contributed by atoms with Crippen LogP contribution in [0.3, 0.4) is 0 Å². The molecule has 2 aliphatic rings. The van der Waals surface area contributed by atoms with Gasteiger partial charge in [-0.3, -0.25) is 9.59 Å². The fraction of sp³-hybridized carbons (Fsp3) is 0.444. The summed E-state index contributed by atoms with van der Waals surface area (Å²) < 4.78 is 5.54. The van der Waals surface area contributed by atoms with E-state index < -0.39 is 12.1 Å². The Hall–Kier alpha value is -3.35. The van der Waals surface area contributed by atoms with E-state index in [2.05, 4.69) is 29.6 Å². The van der Waals surface area contributed by atoms with Crippen molar-refractivity contribution < 1.29 is 24.2 Å². The molecular weight excluding hydrogens is 432 g/mol. The summed E-state index contributed by atoms with van der Waals surface area (Å²) >= 11 is 0. The number of nitrogens with one attached hydrogen (secondary N) is 1. The second kappa shape index (κ2) is 11.2. The van der Waals surface area contributed by atoms with Gasteiger partial charge in [0.05, 0.1) is 6.42 Å². The zero-order valence-electron chi connectivity index (χ0n) is 19.4. The third kappa shape index (κ3) is 5.95. The molecule has 0 aromatic heterocycles. The highest BCUT2D eigenvalue weighted by Crippen LogP contribution is 2.44. The first-order chi connectivity index (χ1) is 16.5. The molecule has 34 heavy (non-hydrogen) atoms. The lowest BCUT2D eigenvalue weighted by atomic mass is 9.98. The molecule has 0 heterocycles. The number of benzene rings is 2. The molecule has 7 nitrogen and oxygen atoms in total. The number of aliphatic carboxylic acids is 1. The van der Waals surface area contributed by atoms with Crippen molar-refractivity contribution in [3.05, 3.63) is 59.7 Å². The Balaban J connectivity index is 1.13. The Labute approximate surface area is 200 Å². The predicted octanol–water partition coefficient (Wildman–Crippen LogP) is 4.55. The number of rotatable bonds is 12. The molecule has 0 aliphatic heterocycles. The Morgan fingerprint density at radius 2 is 1.56 bits per heavy atom. The number of hydrogen-bond donors (Lipinski definition) is 2. The largest absolute Gasteiger partial charge is 0.481 e. The van der Waals surface area contributed by atoms with Gasteiger partial charge in [0.25, 0.3) is 0 Å². The van der Waals surface area contributed by atoms with E-state index in [9.17, 15) is 14.4 Å². The van der Waals surface area contributed by atoms with Crippen molar-refractivity contribution in [3.8, 4) is 11.1 Å². The lowest BCUT2D eigenvalue weighted by Gasteiger charge is -2.21. The van der Waals surface area contributed by atoms with Crippen molar-refractivity contribution in [2.75, 3.05) is 19.7 Å². The molecule has 1 fully saturated rings. The number of carbonyl (C=O) groups excluding carboxylic acids is 2. The highest BCUT2D eigenvalue weighted by molar-refractivity contribution is 5.79. The van der Waals surface area contributed by atoms with Crippen molar-refractivity contribution >= 4 is 18.0 Å². The maximum Gasteiger partial charge on any atom is 0.407 e. The number of carboxylic acids is 1. The summed E-state index contributed by atoms with van der Waals surface area (Å²) in [5, 5.41) is 11.7. The zero-order valence-corrected chi connectivity index (χ0v) is 19.4. The van der Waals surface area contributed by atoms with Crippen LogP contribution in [0.4, 0.5) is 4.79 Å². The summed E-state index contributed by atoms with van der Waals surface area (Å²) in [7, 11) is 0. The number of hydrogen-bond acceptors (Lipinski definition) is 4. The molecule has 180 valence electrons. The van der Waals surface area contributed by atoms with Gasteiger partial charge in [-0.15, -0.1) is 0 Å². The van der Waals surface area contributed by atoms with Crippen LogP contribution < -0.4 is 5.32 Å². The van der Waals surface area contributed by atoms with Crippen molar-refractivity contribution in [1.29, 1.82) is 0 Å². The first-order valence-electron chi connectivity index (χ1n) is 12.1. The van der Waals surface area contributed by atoms with Gasteiger partial charge < -0.3 is 20.1 Å². The second-order valence-electron chi connectivity index (χ2n) is 9.03. The third-order valence-corrected chi connectivity index (χ3v) is 6.55. The first kappa shape index (κ1) is 23.8. The van der Waals surface area contributed by atoms with Crippen molar-refractivity contribution in [1.82, 2.24) is 10.2 Å². The van der Waals surface area contributed by atoms with Crippen LogP contribution >= 0.6 is 0 Å². The number of amides is 2. The quantitative estimate of drug-likeness (QED) is 0.449. The molecule has 0 spiro atoms. The van der Waals surface area contributed by atoms with E-state index in [1.54, 1.807) is 4.90 Å². The maximum absolute atomic E-state index is 12.4. The minimum absolute atomic E-state index is 0.00764. The topological polar surface area (TPSA) is 95.9 Å². The molecule has 0 atom stereocenters. The standard InChI is InChI=1S/C27H32N2O5/c30-25(29(19-13-14-19)17-15-26(31)32)12-2-1-7-16-28-27(33)34-18-24-22-10-5-3-8-20(22)21-9-4-6-11-23(21)24/h3-6,8-11,19,24H,1-2,7,12-18H2,(H,28,33)(H,31,32). The van der Waals surface area contributed by atoms with E-state index in [1.165, 1.54) is 22.3 Å². The van der Waals surface area contributed by atoms with Crippen LogP contribution in [-0.2, 0) is 14.3 Å². The molecule has 2 aliphatic carbocycles. The average Bonchev–Trinajstić information content (AvgIpc) is 3.62. The van der Waals surface area contributed by atoms with Crippen LogP contribution in [0.5, 0.6) is 0 Å². The highest BCUT2D eigenvalue weighted by atomic mass is 16.5. The average molecular weight is 465 g/mol. The molecule has 4 rings (SSSR count). The Morgan fingerprint density at radius 3 is 2.18 bits per heavy atom. The molecule has 2 N–H and O–H groups in total. The van der Waals surface area contributed by atoms with E-state index in [-0.39, 0.29) is 24.3 Å². The van der Waals surface area contributed by atoms with E-state index >= 15 is 0 Å². The van der Waals surface area contributed by atoms with Crippen molar-refractivity contribution in [2.24, 2.45) is 0 Å². The Bertz CT molecular complexity index is 988. The smallest absolute Gasteiger partial charge is 0.407 e. The molecule has 2 amide bonds. The number of ether oxygens (including phenoxy) is 1. The number of nitrogens with zero attached hydrogens (tertiary/aromatic N) is 1. The molecule has 7 heteroatoms. The van der Waals surface area contributed by atoms with Crippen LogP contribution in [0.15, 0.2) is 48.5 Å². The molecule has 1 saturated carbocycles. The van der Waals surface area contributed by atoms with Crippen LogP contribution in [0.25, 0.3) is 11.1 Å². The highest BCUT2D eigenvalue weighted by Gasteiger charge is 2.32. The second-order valence-corrected chi connectivity index (χ2v) is 9.03. The minimum Gasteiger partial charge on any atom is -0.481 e. The molecular formula is C27H32N2O5. The molecule has 0 radical (unpaired) electrons. The zero-order chi connectivity index (χ0) is 23.9. The Morgan fingerprint density at radius 1 is 0.912 bits per heavy atom. The van der Waals surface area contributed by atoms with Crippen LogP contribution in [-0.4, -0.2) is 53.7 Å². The van der Waals surface area contributed by atoms with Crippen molar-refractivity contribution in [3.63, 3.8) is 0 Å². The van der Waals surface area contributed by atoms with Crippen LogP contribution in [0.2, 0.25) is 0 Å². The number of fused-ring (bicyclic) bond motifs is 3. The number of unbranched alkanes of at least 4 members (excludes halogenated alkanes) is 2. The van der Waals surface area contributed by atoms with Gasteiger partial charge in [0.1, 0.15) is 6.61 Å². The first-order valence-corrected chi connectivity index (χ1v) is 12.1. The summed E-state index contributed by atoms with van der Waals surface area (Å²) in [5.74, 6) is -0.800. The van der Waals surface area contributed by atoms with Gasteiger partial charge in [-0.05, 0) is 47.9 Å². The summed E-state index contributed by atoms with van der Waals surface area (Å²) in [5.41, 5.74) is 4.77.